The zero-order valence-electron chi connectivity index (χ0n) is 12.1. The average molecular weight is 266 g/mol. The van der Waals surface area contributed by atoms with E-state index < -0.39 is 0 Å². The van der Waals surface area contributed by atoms with Gasteiger partial charge in [0.15, 0.2) is 0 Å². The molecule has 3 fully saturated rings. The Balaban J connectivity index is 1.53. The van der Waals surface area contributed by atoms with Gasteiger partial charge in [0.1, 0.15) is 0 Å². The number of piperidine rings is 1. The van der Waals surface area contributed by atoms with Crippen molar-refractivity contribution >= 4 is 0 Å². The van der Waals surface area contributed by atoms with E-state index in [0.717, 1.165) is 24.8 Å². The molecule has 3 N–H and O–H groups in total. The monoisotopic (exact) mass is 266 g/mol. The SMILES string of the molecule is OC1CCCC(NC2CCCC2C2CCCCN2)C1. The molecule has 2 aliphatic carbocycles. The predicted molar refractivity (Wildman–Crippen MR) is 78.2 cm³/mol. The topological polar surface area (TPSA) is 44.3 Å². The van der Waals surface area contributed by atoms with Gasteiger partial charge in [-0.1, -0.05) is 12.8 Å². The molecule has 0 aromatic rings. The van der Waals surface area contributed by atoms with Crippen molar-refractivity contribution in [3.63, 3.8) is 0 Å². The van der Waals surface area contributed by atoms with Crippen molar-refractivity contribution in [3.05, 3.63) is 0 Å². The quantitative estimate of drug-likeness (QED) is 0.734. The summed E-state index contributed by atoms with van der Waals surface area (Å²) < 4.78 is 0. The Bertz CT molecular complexity index is 278. The number of nitrogens with one attached hydrogen (secondary N) is 2. The van der Waals surface area contributed by atoms with Crippen LogP contribution in [0.25, 0.3) is 0 Å². The summed E-state index contributed by atoms with van der Waals surface area (Å²) in [6.45, 7) is 1.22. The van der Waals surface area contributed by atoms with Crippen LogP contribution in [-0.2, 0) is 0 Å². The Morgan fingerprint density at radius 1 is 0.895 bits per heavy atom. The second kappa shape index (κ2) is 6.55. The molecule has 110 valence electrons. The van der Waals surface area contributed by atoms with Crippen molar-refractivity contribution < 1.29 is 5.11 Å². The first kappa shape index (κ1) is 13.8. The van der Waals surface area contributed by atoms with E-state index in [1.54, 1.807) is 0 Å². The predicted octanol–water partition coefficient (Wildman–Crippen LogP) is 2.19. The zero-order valence-corrected chi connectivity index (χ0v) is 12.1. The highest BCUT2D eigenvalue weighted by Gasteiger charge is 2.35. The van der Waals surface area contributed by atoms with E-state index in [0.29, 0.717) is 12.1 Å². The number of hydrogen-bond donors (Lipinski definition) is 3. The van der Waals surface area contributed by atoms with Gasteiger partial charge in [0.25, 0.3) is 0 Å². The van der Waals surface area contributed by atoms with Gasteiger partial charge in [0.05, 0.1) is 6.10 Å². The molecule has 1 saturated heterocycles. The largest absolute Gasteiger partial charge is 0.393 e. The minimum Gasteiger partial charge on any atom is -0.393 e. The molecule has 3 rings (SSSR count). The van der Waals surface area contributed by atoms with E-state index in [9.17, 15) is 5.11 Å². The summed E-state index contributed by atoms with van der Waals surface area (Å²) in [6, 6.07) is 2.02. The summed E-state index contributed by atoms with van der Waals surface area (Å²) in [5.41, 5.74) is 0. The van der Waals surface area contributed by atoms with Crippen molar-refractivity contribution in [2.75, 3.05) is 6.54 Å². The number of hydrogen-bond acceptors (Lipinski definition) is 3. The third-order valence-electron chi connectivity index (χ3n) is 5.53. The smallest absolute Gasteiger partial charge is 0.0555 e. The Morgan fingerprint density at radius 2 is 1.79 bits per heavy atom. The van der Waals surface area contributed by atoms with Gasteiger partial charge in [0.2, 0.25) is 0 Å². The molecule has 2 saturated carbocycles. The van der Waals surface area contributed by atoms with Crippen LogP contribution >= 0.6 is 0 Å². The van der Waals surface area contributed by atoms with Gasteiger partial charge in [-0.25, -0.2) is 0 Å². The third kappa shape index (κ3) is 3.50. The van der Waals surface area contributed by atoms with Crippen LogP contribution in [-0.4, -0.2) is 35.9 Å². The molecular formula is C16H30N2O. The summed E-state index contributed by atoms with van der Waals surface area (Å²) in [4.78, 5) is 0. The molecule has 3 nitrogen and oxygen atoms in total. The zero-order chi connectivity index (χ0) is 13.1. The fraction of sp³-hybridized carbons (Fsp3) is 1.00. The lowest BCUT2D eigenvalue weighted by molar-refractivity contribution is 0.104. The lowest BCUT2D eigenvalue weighted by atomic mass is 9.86. The van der Waals surface area contributed by atoms with Crippen molar-refractivity contribution in [2.24, 2.45) is 5.92 Å². The first-order valence-corrected chi connectivity index (χ1v) is 8.50. The van der Waals surface area contributed by atoms with E-state index in [4.69, 9.17) is 0 Å². The summed E-state index contributed by atoms with van der Waals surface area (Å²) in [5.74, 6) is 0.833. The highest BCUT2D eigenvalue weighted by molar-refractivity contribution is 4.94. The molecule has 0 radical (unpaired) electrons. The van der Waals surface area contributed by atoms with Gasteiger partial charge in [0, 0.05) is 18.1 Å². The minimum atomic E-state index is -0.0566. The summed E-state index contributed by atoms with van der Waals surface area (Å²) in [5, 5.41) is 17.5. The van der Waals surface area contributed by atoms with Crippen molar-refractivity contribution in [2.45, 2.75) is 88.4 Å². The van der Waals surface area contributed by atoms with Crippen LogP contribution < -0.4 is 10.6 Å². The highest BCUT2D eigenvalue weighted by Crippen LogP contribution is 2.33. The molecule has 0 aromatic heterocycles. The average Bonchev–Trinajstić information content (AvgIpc) is 2.88. The molecule has 5 unspecified atom stereocenters. The maximum atomic E-state index is 9.82. The normalized spacial score (nSPS) is 44.4. The van der Waals surface area contributed by atoms with Gasteiger partial charge in [-0.3, -0.25) is 0 Å². The molecule has 0 spiro atoms. The lowest BCUT2D eigenvalue weighted by Crippen LogP contribution is -2.50. The van der Waals surface area contributed by atoms with Crippen molar-refractivity contribution in [1.82, 2.24) is 10.6 Å². The van der Waals surface area contributed by atoms with E-state index in [1.165, 1.54) is 57.9 Å². The summed E-state index contributed by atoms with van der Waals surface area (Å²) in [6.07, 6.45) is 12.6. The van der Waals surface area contributed by atoms with E-state index in [2.05, 4.69) is 10.6 Å². The Hall–Kier alpha value is -0.120. The molecule has 3 heteroatoms. The lowest BCUT2D eigenvalue weighted by Gasteiger charge is -2.36. The molecule has 0 aromatic carbocycles. The van der Waals surface area contributed by atoms with Gasteiger partial charge in [-0.15, -0.1) is 0 Å². The maximum Gasteiger partial charge on any atom is 0.0555 e. The first-order chi connectivity index (χ1) is 9.33. The summed E-state index contributed by atoms with van der Waals surface area (Å²) in [7, 11) is 0. The van der Waals surface area contributed by atoms with Crippen molar-refractivity contribution in [3.8, 4) is 0 Å². The van der Waals surface area contributed by atoms with Crippen LogP contribution in [0.15, 0.2) is 0 Å². The molecule has 3 aliphatic rings. The van der Waals surface area contributed by atoms with Crippen LogP contribution in [0.3, 0.4) is 0 Å². The Morgan fingerprint density at radius 3 is 2.58 bits per heavy atom. The molecule has 19 heavy (non-hydrogen) atoms. The fourth-order valence-electron chi connectivity index (χ4n) is 4.54. The highest BCUT2D eigenvalue weighted by atomic mass is 16.3. The molecule has 1 heterocycles. The van der Waals surface area contributed by atoms with Crippen LogP contribution in [0.1, 0.15) is 64.2 Å². The van der Waals surface area contributed by atoms with Gasteiger partial charge < -0.3 is 15.7 Å². The Kier molecular flexibility index (Phi) is 4.78. The molecule has 1 aliphatic heterocycles. The fourth-order valence-corrected chi connectivity index (χ4v) is 4.54. The van der Waals surface area contributed by atoms with Crippen LogP contribution in [0, 0.1) is 5.92 Å². The second-order valence-corrected chi connectivity index (χ2v) is 6.94. The molecule has 0 amide bonds. The number of rotatable bonds is 3. The van der Waals surface area contributed by atoms with E-state index in [1.807, 2.05) is 0 Å². The molecule has 0 bridgehead atoms. The third-order valence-corrected chi connectivity index (χ3v) is 5.53. The Labute approximate surface area is 117 Å². The van der Waals surface area contributed by atoms with Crippen molar-refractivity contribution in [1.29, 1.82) is 0 Å². The van der Waals surface area contributed by atoms with Crippen LogP contribution in [0.5, 0.6) is 0 Å². The van der Waals surface area contributed by atoms with Crippen LogP contribution in [0.4, 0.5) is 0 Å². The number of aliphatic hydroxyl groups excluding tert-OH is 1. The number of aliphatic hydroxyl groups is 1. The second-order valence-electron chi connectivity index (χ2n) is 6.94. The maximum absolute atomic E-state index is 9.82. The van der Waals surface area contributed by atoms with Gasteiger partial charge in [-0.05, 0) is 63.8 Å². The molecular weight excluding hydrogens is 236 g/mol. The summed E-state index contributed by atoms with van der Waals surface area (Å²) >= 11 is 0. The van der Waals surface area contributed by atoms with E-state index in [-0.39, 0.29) is 6.10 Å². The van der Waals surface area contributed by atoms with E-state index >= 15 is 0 Å². The molecule has 5 atom stereocenters. The minimum absolute atomic E-state index is 0.0566. The first-order valence-electron chi connectivity index (χ1n) is 8.50. The van der Waals surface area contributed by atoms with Crippen LogP contribution in [0.2, 0.25) is 0 Å². The standard InChI is InChI=1S/C16H30N2O/c19-13-6-3-5-12(11-13)18-16-9-4-7-14(16)15-8-1-2-10-17-15/h12-19H,1-11H2. The van der Waals surface area contributed by atoms with Gasteiger partial charge in [-0.2, -0.15) is 0 Å². The van der Waals surface area contributed by atoms with Gasteiger partial charge >= 0.3 is 0 Å².